The Balaban J connectivity index is 6.14. The zero-order chi connectivity index (χ0) is 78.3. The van der Waals surface area contributed by atoms with Gasteiger partial charge in [-0.2, -0.15) is 0 Å². The van der Waals surface area contributed by atoms with Gasteiger partial charge in [0.05, 0.1) is 32.1 Å². The summed E-state index contributed by atoms with van der Waals surface area (Å²) < 4.78 is 0. The molecule has 0 bridgehead atoms. The molecule has 0 heterocycles. The van der Waals surface area contributed by atoms with Crippen molar-refractivity contribution in [1.82, 2.24) is 69.1 Å². The Hall–Kier alpha value is -9.82. The number of nitrogens with zero attached hydrogens (tertiary/aromatic N) is 1. The van der Waals surface area contributed by atoms with Crippen LogP contribution >= 0.6 is 0 Å². The first-order valence-corrected chi connectivity index (χ1v) is 33.7. The number of carboxylic acid groups (broad SMARTS) is 4. The quantitative estimate of drug-likeness (QED) is 0.0153. The van der Waals surface area contributed by atoms with Crippen molar-refractivity contribution in [3.63, 3.8) is 0 Å². The van der Waals surface area contributed by atoms with E-state index in [-0.39, 0.29) is 68.8 Å². The van der Waals surface area contributed by atoms with E-state index >= 15 is 0 Å². The fourth-order valence-corrected chi connectivity index (χ4v) is 9.61. The Labute approximate surface area is 592 Å². The van der Waals surface area contributed by atoms with E-state index in [9.17, 15) is 102 Å². The van der Waals surface area contributed by atoms with Gasteiger partial charge in [0.2, 0.25) is 76.8 Å². The van der Waals surface area contributed by atoms with Crippen LogP contribution in [-0.4, -0.2) is 226 Å². The first kappa shape index (κ1) is 92.2. The number of unbranched alkanes of at least 4 members (excludes halogenated alkanes) is 1. The van der Waals surface area contributed by atoms with Crippen LogP contribution < -0.4 is 92.1 Å². The van der Waals surface area contributed by atoms with E-state index in [0.29, 0.717) is 19.4 Å². The molecule has 25 N–H and O–H groups in total. The number of aliphatic carboxylic acids is 4. The van der Waals surface area contributed by atoms with Gasteiger partial charge in [-0.1, -0.05) is 75.7 Å². The molecule has 0 aliphatic heterocycles. The van der Waals surface area contributed by atoms with Gasteiger partial charge in [-0.3, -0.25) is 81.7 Å². The van der Waals surface area contributed by atoms with E-state index < -0.39 is 231 Å². The number of amides is 13. The van der Waals surface area contributed by atoms with Gasteiger partial charge < -0.3 is 112 Å². The average Bonchev–Trinajstić information content (AvgIpc) is 0.869. The molecule has 578 valence electrons. The summed E-state index contributed by atoms with van der Waals surface area (Å²) in [5, 5.41) is 69.2. The SMILES string of the molecule is CC(C)C[C@H](NC(=O)[C@H](CC(C)C)NC(=O)[C@H](CCCN=C(N)N)NC(=O)CNC(=O)[C@H](CC(C)C)NC(=O)[C@H](C)NC(=O)[C@H](CCC(=O)O)NC(=O)CNC(=O)CNC(=O)[C@@H](NC(=O)[C@H](CCC(=O)O)NC(=O)[C@H](CC(=O)O)NC(=O)[C@@H](NC(=O)[C@@H](N)CCCCN)C(C)C)C(C)C)C(=O)O. The number of carbonyl (C=O) groups excluding carboxylic acids is 13. The molecule has 13 amide bonds. The Bertz CT molecular complexity index is 2910. The van der Waals surface area contributed by atoms with Gasteiger partial charge in [0, 0.05) is 19.4 Å². The molecule has 0 aromatic carbocycles. The fourth-order valence-electron chi connectivity index (χ4n) is 9.61. The number of carboxylic acids is 4. The van der Waals surface area contributed by atoms with E-state index in [1.165, 1.54) is 20.8 Å². The van der Waals surface area contributed by atoms with Gasteiger partial charge in [0.15, 0.2) is 5.96 Å². The Kier molecular flexibility index (Phi) is 43.5. The van der Waals surface area contributed by atoms with Gasteiger partial charge in [-0.05, 0) is 101 Å². The summed E-state index contributed by atoms with van der Waals surface area (Å²) >= 11 is 0. The molecule has 0 unspecified atom stereocenters. The van der Waals surface area contributed by atoms with E-state index in [1.54, 1.807) is 55.4 Å². The first-order valence-electron chi connectivity index (χ1n) is 33.7. The maximum absolute atomic E-state index is 13.8. The molecule has 0 rings (SSSR count). The van der Waals surface area contributed by atoms with Crippen LogP contribution in [0.5, 0.6) is 0 Å². The van der Waals surface area contributed by atoms with Crippen LogP contribution in [-0.2, 0) is 81.5 Å². The maximum atomic E-state index is 13.8. The number of guanidine groups is 1. The van der Waals surface area contributed by atoms with Crippen LogP contribution in [0.2, 0.25) is 0 Å². The lowest BCUT2D eigenvalue weighted by atomic mass is 10.00. The predicted octanol–water partition coefficient (Wildman–Crippen LogP) is -5.55. The maximum Gasteiger partial charge on any atom is 0.326 e. The molecule has 0 aromatic heterocycles. The largest absolute Gasteiger partial charge is 0.481 e. The van der Waals surface area contributed by atoms with Crippen molar-refractivity contribution < 1.29 is 102 Å². The summed E-state index contributed by atoms with van der Waals surface area (Å²) in [6.07, 6.45) is -2.06. The highest BCUT2D eigenvalue weighted by Gasteiger charge is 2.37. The molecule has 0 spiro atoms. The molecule has 0 fully saturated rings. The predicted molar refractivity (Wildman–Crippen MR) is 366 cm³/mol. The van der Waals surface area contributed by atoms with Crippen molar-refractivity contribution in [1.29, 1.82) is 0 Å². The third-order valence-electron chi connectivity index (χ3n) is 15.0. The number of aliphatic imine (C=N–C) groups is 1. The van der Waals surface area contributed by atoms with Crippen LogP contribution in [0.1, 0.15) is 160 Å². The van der Waals surface area contributed by atoms with E-state index in [4.69, 9.17) is 22.9 Å². The van der Waals surface area contributed by atoms with Crippen molar-refractivity contribution in [3.8, 4) is 0 Å². The summed E-state index contributed by atoms with van der Waals surface area (Å²) in [7, 11) is 0. The Morgan fingerprint density at radius 2 is 0.755 bits per heavy atom. The van der Waals surface area contributed by atoms with Crippen LogP contribution in [0.4, 0.5) is 0 Å². The molecule has 0 saturated carbocycles. The number of nitrogens with one attached hydrogen (secondary N) is 13. The smallest absolute Gasteiger partial charge is 0.326 e. The number of carbonyl (C=O) groups is 17. The fraction of sp³-hybridized carbons (Fsp3) is 0.714. The standard InChI is InChI=1S/C63H110N18O21/c1-30(2)23-40(54(93)70-29-46(84)73-37(16-14-22-68-63(66)67)56(95)77-41(24-31(3)4)58(97)79-43(62(101)102)25-32(5)6)76-52(91)35(11)72-55(94)38(17-19-47(85)86)74-45(83)28-69-44(82)27-71-60(99)50(33(7)8)81-57(96)39(18-20-48(87)88)75-59(98)42(26-49(89)90)78-61(100)51(34(9)10)80-53(92)36(65)15-12-13-21-64/h30-43,50-51H,12-29,64-65H2,1-11H3,(H,69,82)(H,70,93)(H,71,99)(H,72,94)(H,73,84)(H,74,83)(H,75,98)(H,76,91)(H,77,95)(H,78,100)(H,79,97)(H,80,92)(H,81,96)(H,85,86)(H,87,88)(H,89,90)(H,101,102)(H4,66,67,68)/t35-,36-,37-,38-,39-,40-,41-,42-,43-,50-,51-/m0/s1. The Morgan fingerprint density at radius 1 is 0.363 bits per heavy atom. The second-order valence-corrected chi connectivity index (χ2v) is 26.5. The normalized spacial score (nSPS) is 14.4. The molecule has 102 heavy (non-hydrogen) atoms. The Morgan fingerprint density at radius 3 is 1.25 bits per heavy atom. The average molecular weight is 1460 g/mol. The molecule has 0 aliphatic carbocycles. The lowest BCUT2D eigenvalue weighted by molar-refractivity contribution is -0.143. The lowest BCUT2D eigenvalue weighted by Gasteiger charge is -2.28. The third-order valence-corrected chi connectivity index (χ3v) is 15.0. The van der Waals surface area contributed by atoms with Gasteiger partial charge in [-0.25, -0.2) is 4.79 Å². The summed E-state index contributed by atoms with van der Waals surface area (Å²) in [5.74, 6) is -20.4. The first-order chi connectivity index (χ1) is 47.5. The van der Waals surface area contributed by atoms with Crippen molar-refractivity contribution in [2.24, 2.45) is 57.5 Å². The molecular formula is C63H110N18O21. The van der Waals surface area contributed by atoms with Crippen LogP contribution in [0.15, 0.2) is 4.99 Å². The van der Waals surface area contributed by atoms with Crippen molar-refractivity contribution in [2.75, 3.05) is 32.7 Å². The molecule has 39 nitrogen and oxygen atoms in total. The molecule has 0 radical (unpaired) electrons. The van der Waals surface area contributed by atoms with Crippen molar-refractivity contribution in [2.45, 2.75) is 226 Å². The number of hydrogen-bond acceptors (Lipinski definition) is 20. The minimum Gasteiger partial charge on any atom is -0.481 e. The van der Waals surface area contributed by atoms with E-state index in [2.05, 4.69) is 74.1 Å². The van der Waals surface area contributed by atoms with Crippen LogP contribution in [0, 0.1) is 29.6 Å². The number of rotatable bonds is 51. The monoisotopic (exact) mass is 1450 g/mol. The minimum atomic E-state index is -1.89. The second kappa shape index (κ2) is 48.1. The topological polar surface area (TPSA) is 644 Å². The van der Waals surface area contributed by atoms with Gasteiger partial charge in [0.25, 0.3) is 0 Å². The van der Waals surface area contributed by atoms with Gasteiger partial charge >= 0.3 is 23.9 Å². The van der Waals surface area contributed by atoms with Crippen LogP contribution in [0.3, 0.4) is 0 Å². The molecular weight excluding hydrogens is 1340 g/mol. The third kappa shape index (κ3) is 39.2. The highest BCUT2D eigenvalue weighted by molar-refractivity contribution is 6.00. The highest BCUT2D eigenvalue weighted by Crippen LogP contribution is 2.13. The van der Waals surface area contributed by atoms with E-state index in [0.717, 1.165) is 0 Å². The zero-order valence-electron chi connectivity index (χ0n) is 60.0. The molecule has 0 saturated heterocycles. The molecule has 11 atom stereocenters. The van der Waals surface area contributed by atoms with E-state index in [1.807, 2.05) is 0 Å². The second-order valence-electron chi connectivity index (χ2n) is 26.5. The van der Waals surface area contributed by atoms with Crippen LogP contribution in [0.25, 0.3) is 0 Å². The van der Waals surface area contributed by atoms with Gasteiger partial charge in [0.1, 0.15) is 60.4 Å². The summed E-state index contributed by atoms with van der Waals surface area (Å²) in [4.78, 5) is 226. The molecule has 39 heteroatoms. The summed E-state index contributed by atoms with van der Waals surface area (Å²) in [5.41, 5.74) is 22.4. The lowest BCUT2D eigenvalue weighted by Crippen LogP contribution is -2.60. The molecule has 0 aliphatic rings. The molecule has 0 aromatic rings. The zero-order valence-corrected chi connectivity index (χ0v) is 60.0. The summed E-state index contributed by atoms with van der Waals surface area (Å²) in [6.45, 7) is 15.7. The summed E-state index contributed by atoms with van der Waals surface area (Å²) in [6, 6.07) is -15.8. The number of hydrogen-bond donors (Lipinski definition) is 21. The van der Waals surface area contributed by atoms with Crippen molar-refractivity contribution in [3.05, 3.63) is 0 Å². The van der Waals surface area contributed by atoms with Crippen molar-refractivity contribution >= 4 is 107 Å². The highest BCUT2D eigenvalue weighted by atomic mass is 16.4. The minimum absolute atomic E-state index is 0.0168. The van der Waals surface area contributed by atoms with Gasteiger partial charge in [-0.15, -0.1) is 0 Å². The number of nitrogens with two attached hydrogens (primary N) is 4.